The van der Waals surface area contributed by atoms with Crippen LogP contribution in [-0.2, 0) is 6.54 Å². The maximum atomic E-state index is 12.3. The van der Waals surface area contributed by atoms with Crippen LogP contribution in [0.1, 0.15) is 38.8 Å². The molecule has 1 N–H and O–H groups in total. The highest BCUT2D eigenvalue weighted by Gasteiger charge is 2.16. The van der Waals surface area contributed by atoms with Gasteiger partial charge in [-0.15, -0.1) is 0 Å². The molecule has 2 nitrogen and oxygen atoms in total. The van der Waals surface area contributed by atoms with Crippen LogP contribution in [0.5, 0.6) is 0 Å². The van der Waals surface area contributed by atoms with Crippen molar-refractivity contribution in [3.8, 4) is 0 Å². The van der Waals surface area contributed by atoms with Crippen LogP contribution in [-0.4, -0.2) is 17.5 Å². The van der Waals surface area contributed by atoms with Crippen LogP contribution in [0.4, 0.5) is 8.78 Å². The second kappa shape index (κ2) is 6.74. The van der Waals surface area contributed by atoms with Gasteiger partial charge in [-0.1, -0.05) is 20.8 Å². The summed E-state index contributed by atoms with van der Waals surface area (Å²) in [5, 5.41) is 3.45. The molecule has 1 atom stereocenters. The molecular formula is C13H22F2N2. The summed E-state index contributed by atoms with van der Waals surface area (Å²) in [7, 11) is 0. The lowest BCUT2D eigenvalue weighted by Gasteiger charge is -2.21. The van der Waals surface area contributed by atoms with Gasteiger partial charge < -0.3 is 9.88 Å². The number of hydrogen-bond donors (Lipinski definition) is 1. The van der Waals surface area contributed by atoms with Gasteiger partial charge in [-0.2, -0.15) is 0 Å². The van der Waals surface area contributed by atoms with E-state index in [1.54, 1.807) is 10.8 Å². The topological polar surface area (TPSA) is 17.0 Å². The van der Waals surface area contributed by atoms with E-state index in [9.17, 15) is 8.78 Å². The molecule has 0 spiro atoms. The van der Waals surface area contributed by atoms with Crippen LogP contribution in [0, 0.1) is 5.92 Å². The Morgan fingerprint density at radius 1 is 1.35 bits per heavy atom. The van der Waals surface area contributed by atoms with Crippen molar-refractivity contribution in [3.63, 3.8) is 0 Å². The molecule has 0 aliphatic carbocycles. The van der Waals surface area contributed by atoms with E-state index in [-0.39, 0.29) is 12.6 Å². The van der Waals surface area contributed by atoms with Crippen molar-refractivity contribution in [2.75, 3.05) is 6.54 Å². The fourth-order valence-electron chi connectivity index (χ4n) is 1.95. The minimum Gasteiger partial charge on any atom is -0.348 e. The van der Waals surface area contributed by atoms with Crippen LogP contribution < -0.4 is 5.32 Å². The molecule has 0 aliphatic heterocycles. The predicted molar refractivity (Wildman–Crippen MR) is 66.3 cm³/mol. The van der Waals surface area contributed by atoms with Crippen LogP contribution in [0.15, 0.2) is 18.5 Å². The molecule has 0 fully saturated rings. The van der Waals surface area contributed by atoms with Crippen molar-refractivity contribution in [1.82, 2.24) is 9.88 Å². The SMILES string of the molecule is CCCNC(c1ccn(CC(F)F)c1)C(C)C. The second-order valence-electron chi connectivity index (χ2n) is 4.71. The third-order valence-corrected chi connectivity index (χ3v) is 2.76. The van der Waals surface area contributed by atoms with Crippen molar-refractivity contribution in [2.24, 2.45) is 5.92 Å². The maximum absolute atomic E-state index is 12.3. The summed E-state index contributed by atoms with van der Waals surface area (Å²) < 4.78 is 26.1. The largest absolute Gasteiger partial charge is 0.348 e. The van der Waals surface area contributed by atoms with Gasteiger partial charge in [-0.25, -0.2) is 8.78 Å². The molecule has 1 unspecified atom stereocenters. The van der Waals surface area contributed by atoms with Crippen LogP contribution in [0.3, 0.4) is 0 Å². The number of hydrogen-bond acceptors (Lipinski definition) is 1. The Balaban J connectivity index is 2.69. The average Bonchev–Trinajstić information content (AvgIpc) is 2.65. The molecule has 4 heteroatoms. The third-order valence-electron chi connectivity index (χ3n) is 2.76. The highest BCUT2D eigenvalue weighted by molar-refractivity contribution is 5.16. The maximum Gasteiger partial charge on any atom is 0.256 e. The van der Waals surface area contributed by atoms with E-state index in [1.807, 2.05) is 12.3 Å². The van der Waals surface area contributed by atoms with Crippen molar-refractivity contribution in [2.45, 2.75) is 46.2 Å². The fourth-order valence-corrected chi connectivity index (χ4v) is 1.95. The quantitative estimate of drug-likeness (QED) is 0.777. The van der Waals surface area contributed by atoms with Crippen molar-refractivity contribution in [3.05, 3.63) is 24.0 Å². The first-order chi connectivity index (χ1) is 8.04. The smallest absolute Gasteiger partial charge is 0.256 e. The van der Waals surface area contributed by atoms with Gasteiger partial charge in [0.05, 0.1) is 6.54 Å². The molecule has 0 saturated heterocycles. The van der Waals surface area contributed by atoms with E-state index in [4.69, 9.17) is 0 Å². The zero-order chi connectivity index (χ0) is 12.8. The number of rotatable bonds is 7. The molecule has 17 heavy (non-hydrogen) atoms. The highest BCUT2D eigenvalue weighted by Crippen LogP contribution is 2.22. The standard InChI is InChI=1S/C13H22F2N2/c1-4-6-16-13(10(2)3)11-5-7-17(8-11)9-12(14)15/h5,7-8,10,12-13,16H,4,6,9H2,1-3H3. The molecule has 98 valence electrons. The number of aromatic nitrogens is 1. The summed E-state index contributed by atoms with van der Waals surface area (Å²) in [6.07, 6.45) is 2.32. The van der Waals surface area contributed by atoms with Gasteiger partial charge >= 0.3 is 0 Å². The molecule has 1 aromatic heterocycles. The average molecular weight is 244 g/mol. The first-order valence-corrected chi connectivity index (χ1v) is 6.21. The Bertz CT molecular complexity index is 321. The lowest BCUT2D eigenvalue weighted by molar-refractivity contribution is 0.126. The molecule has 1 rings (SSSR count). The molecule has 0 saturated carbocycles. The monoisotopic (exact) mass is 244 g/mol. The van der Waals surface area contributed by atoms with E-state index < -0.39 is 6.43 Å². The summed E-state index contributed by atoms with van der Waals surface area (Å²) >= 11 is 0. The molecule has 1 aromatic rings. The number of nitrogens with zero attached hydrogens (tertiary/aromatic N) is 1. The van der Waals surface area contributed by atoms with E-state index in [1.165, 1.54) is 0 Å². The Kier molecular flexibility index (Phi) is 5.62. The highest BCUT2D eigenvalue weighted by atomic mass is 19.3. The molecule has 0 aliphatic rings. The Labute approximate surface area is 102 Å². The van der Waals surface area contributed by atoms with E-state index in [0.29, 0.717) is 5.92 Å². The summed E-state index contributed by atoms with van der Waals surface area (Å²) in [4.78, 5) is 0. The van der Waals surface area contributed by atoms with E-state index in [0.717, 1.165) is 18.5 Å². The Morgan fingerprint density at radius 2 is 2.06 bits per heavy atom. The van der Waals surface area contributed by atoms with Crippen molar-refractivity contribution in [1.29, 1.82) is 0 Å². The zero-order valence-electron chi connectivity index (χ0n) is 10.8. The first kappa shape index (κ1) is 14.2. The summed E-state index contributed by atoms with van der Waals surface area (Å²) in [5.74, 6) is 0.448. The second-order valence-corrected chi connectivity index (χ2v) is 4.71. The summed E-state index contributed by atoms with van der Waals surface area (Å²) in [5.41, 5.74) is 1.09. The van der Waals surface area contributed by atoms with E-state index >= 15 is 0 Å². The van der Waals surface area contributed by atoms with Crippen LogP contribution >= 0.6 is 0 Å². The molecule has 1 heterocycles. The summed E-state index contributed by atoms with van der Waals surface area (Å²) in [6, 6.07) is 2.17. The van der Waals surface area contributed by atoms with Gasteiger partial charge in [0.1, 0.15) is 0 Å². The molecule has 0 amide bonds. The number of alkyl halides is 2. The predicted octanol–water partition coefficient (Wildman–Crippen LogP) is 3.45. The van der Waals surface area contributed by atoms with Gasteiger partial charge in [0.25, 0.3) is 6.43 Å². The normalized spacial score (nSPS) is 13.6. The lowest BCUT2D eigenvalue weighted by Crippen LogP contribution is -2.26. The molecular weight excluding hydrogens is 222 g/mol. The molecule has 0 aromatic carbocycles. The minimum absolute atomic E-state index is 0.224. The Hall–Kier alpha value is -0.900. The third kappa shape index (κ3) is 4.46. The van der Waals surface area contributed by atoms with Crippen LogP contribution in [0.25, 0.3) is 0 Å². The van der Waals surface area contributed by atoms with Gasteiger partial charge in [0, 0.05) is 18.4 Å². The first-order valence-electron chi connectivity index (χ1n) is 6.21. The van der Waals surface area contributed by atoms with Crippen molar-refractivity contribution < 1.29 is 8.78 Å². The van der Waals surface area contributed by atoms with Gasteiger partial charge in [0.15, 0.2) is 0 Å². The number of halogens is 2. The lowest BCUT2D eigenvalue weighted by atomic mass is 9.98. The van der Waals surface area contributed by atoms with Gasteiger partial charge in [0.2, 0.25) is 0 Å². The summed E-state index contributed by atoms with van der Waals surface area (Å²) in [6.45, 7) is 7.11. The van der Waals surface area contributed by atoms with Gasteiger partial charge in [-0.05, 0) is 30.5 Å². The van der Waals surface area contributed by atoms with E-state index in [2.05, 4.69) is 26.1 Å². The fraction of sp³-hybridized carbons (Fsp3) is 0.692. The van der Waals surface area contributed by atoms with Crippen LogP contribution in [0.2, 0.25) is 0 Å². The molecule has 0 radical (unpaired) electrons. The van der Waals surface area contributed by atoms with Gasteiger partial charge in [-0.3, -0.25) is 0 Å². The molecule has 0 bridgehead atoms. The Morgan fingerprint density at radius 3 is 2.59 bits per heavy atom. The number of nitrogens with one attached hydrogen (secondary N) is 1. The van der Waals surface area contributed by atoms with Crippen molar-refractivity contribution >= 4 is 0 Å². The zero-order valence-corrected chi connectivity index (χ0v) is 10.8. The minimum atomic E-state index is -2.30.